The van der Waals surface area contributed by atoms with Crippen LogP contribution in [0, 0.1) is 34.5 Å². The number of carbonyl (C=O) groups excluding carboxylic acids is 4. The standard InChI is InChI=1S/C34H46O8/c1-8-9-10-11-12-13-14-15-27(37)42-31-24(19-40-22(4)35)17-25-28-26(32(28,6)7)16-21(3)33(29(25)38)18-20(2)30(34(31,33)39)41-23(5)36/h12-15,17-18,21,25-26,28,30-31,39H,8-11,16,19H2,1-7H3/b13-12-,15-14-/t21-,25+,26-,28+,30+,31-,33+,34-/m1/s1. The number of ketones is 1. The van der Waals surface area contributed by atoms with E-state index in [0.717, 1.165) is 25.7 Å². The molecule has 8 nitrogen and oxygen atoms in total. The van der Waals surface area contributed by atoms with Gasteiger partial charge in [-0.1, -0.05) is 70.9 Å². The summed E-state index contributed by atoms with van der Waals surface area (Å²) in [4.78, 5) is 52.3. The zero-order valence-electron chi connectivity index (χ0n) is 26.0. The highest BCUT2D eigenvalue weighted by Crippen LogP contribution is 2.72. The first-order valence-electron chi connectivity index (χ1n) is 15.2. The molecule has 230 valence electrons. The van der Waals surface area contributed by atoms with Crippen LogP contribution in [0.5, 0.6) is 0 Å². The van der Waals surface area contributed by atoms with Crippen molar-refractivity contribution in [2.45, 2.75) is 98.4 Å². The first-order chi connectivity index (χ1) is 19.7. The third kappa shape index (κ3) is 5.31. The fraction of sp³-hybridized carbons (Fsp3) is 0.647. The van der Waals surface area contributed by atoms with E-state index in [-0.39, 0.29) is 35.6 Å². The number of aliphatic hydroxyl groups is 1. The van der Waals surface area contributed by atoms with Crippen LogP contribution in [0.3, 0.4) is 0 Å². The van der Waals surface area contributed by atoms with E-state index in [1.165, 1.54) is 19.9 Å². The molecule has 1 N–H and O–H groups in total. The minimum absolute atomic E-state index is 0.0112. The first kappa shape index (κ1) is 31.9. The van der Waals surface area contributed by atoms with Crippen LogP contribution in [0.25, 0.3) is 0 Å². The second-order valence-corrected chi connectivity index (χ2v) is 13.2. The van der Waals surface area contributed by atoms with Crippen molar-refractivity contribution in [2.24, 2.45) is 34.5 Å². The monoisotopic (exact) mass is 582 g/mol. The number of allylic oxidation sites excluding steroid dienone is 4. The SMILES string of the molecule is CCCCC/C=C\C=C/C(=O)O[C@@H]1C(COC(C)=O)=C[C@@H]2C(=O)[C@]3(C=C(C)[C@H](OC(C)=O)[C@@]13O)[C@H](C)C[C@@H]1[C@H]2C1(C)C. The fourth-order valence-electron chi connectivity index (χ4n) is 8.05. The summed E-state index contributed by atoms with van der Waals surface area (Å²) in [6, 6.07) is 0. The topological polar surface area (TPSA) is 116 Å². The van der Waals surface area contributed by atoms with Gasteiger partial charge in [0, 0.05) is 31.4 Å². The Morgan fingerprint density at radius 1 is 1.07 bits per heavy atom. The van der Waals surface area contributed by atoms with E-state index < -0.39 is 47.0 Å². The molecule has 0 amide bonds. The molecule has 0 aromatic heterocycles. The molecule has 0 unspecified atom stereocenters. The molecule has 2 bridgehead atoms. The lowest BCUT2D eigenvalue weighted by Crippen LogP contribution is -2.66. The molecular weight excluding hydrogens is 536 g/mol. The molecule has 4 aliphatic carbocycles. The van der Waals surface area contributed by atoms with Gasteiger partial charge in [-0.05, 0) is 54.9 Å². The van der Waals surface area contributed by atoms with Gasteiger partial charge >= 0.3 is 17.9 Å². The van der Waals surface area contributed by atoms with Crippen LogP contribution < -0.4 is 0 Å². The van der Waals surface area contributed by atoms with E-state index in [9.17, 15) is 24.3 Å². The van der Waals surface area contributed by atoms with Gasteiger partial charge in [0.25, 0.3) is 0 Å². The quantitative estimate of drug-likeness (QED) is 0.0933. The van der Waals surface area contributed by atoms with Gasteiger partial charge in [-0.15, -0.1) is 0 Å². The van der Waals surface area contributed by atoms with Crippen molar-refractivity contribution in [1.82, 2.24) is 0 Å². The number of fused-ring (bicyclic) bond motifs is 3. The maximum absolute atomic E-state index is 14.7. The fourth-order valence-corrected chi connectivity index (χ4v) is 8.05. The summed E-state index contributed by atoms with van der Waals surface area (Å²) in [6.45, 7) is 12.3. The van der Waals surface area contributed by atoms with Gasteiger partial charge in [-0.2, -0.15) is 0 Å². The van der Waals surface area contributed by atoms with Crippen molar-refractivity contribution in [3.8, 4) is 0 Å². The van der Waals surface area contributed by atoms with Crippen molar-refractivity contribution in [3.63, 3.8) is 0 Å². The maximum Gasteiger partial charge on any atom is 0.331 e. The second kappa shape index (κ2) is 11.9. The van der Waals surface area contributed by atoms with E-state index in [2.05, 4.69) is 20.8 Å². The van der Waals surface area contributed by atoms with Crippen LogP contribution in [0.1, 0.15) is 80.6 Å². The smallest absolute Gasteiger partial charge is 0.331 e. The lowest BCUT2D eigenvalue weighted by atomic mass is 9.59. The third-order valence-corrected chi connectivity index (χ3v) is 10.1. The van der Waals surface area contributed by atoms with Crippen molar-refractivity contribution in [3.05, 3.63) is 47.6 Å². The second-order valence-electron chi connectivity index (χ2n) is 13.2. The summed E-state index contributed by atoms with van der Waals surface area (Å²) in [5.74, 6) is -2.82. The lowest BCUT2D eigenvalue weighted by Gasteiger charge is -2.49. The van der Waals surface area contributed by atoms with Gasteiger partial charge in [0.2, 0.25) is 0 Å². The van der Waals surface area contributed by atoms with Crippen molar-refractivity contribution < 1.29 is 38.5 Å². The van der Waals surface area contributed by atoms with Crippen molar-refractivity contribution in [1.29, 1.82) is 0 Å². The van der Waals surface area contributed by atoms with Crippen LogP contribution in [-0.2, 0) is 33.4 Å². The van der Waals surface area contributed by atoms with Gasteiger partial charge in [-0.3, -0.25) is 14.4 Å². The zero-order chi connectivity index (χ0) is 31.0. The maximum atomic E-state index is 14.7. The van der Waals surface area contributed by atoms with Gasteiger partial charge in [0.15, 0.2) is 23.6 Å². The Hall–Kier alpha value is -3.00. The number of rotatable bonds is 10. The molecule has 0 aromatic rings. The van der Waals surface area contributed by atoms with E-state index in [1.807, 2.05) is 13.0 Å². The molecule has 0 radical (unpaired) electrons. The third-order valence-electron chi connectivity index (χ3n) is 10.1. The minimum atomic E-state index is -2.15. The molecule has 8 heteroatoms. The molecule has 8 atom stereocenters. The number of Topliss-reactive ketones (excluding diaryl/α,β-unsaturated/α-hetero) is 1. The van der Waals surface area contributed by atoms with Crippen molar-refractivity contribution in [2.75, 3.05) is 6.61 Å². The molecule has 0 heterocycles. The Morgan fingerprint density at radius 3 is 2.43 bits per heavy atom. The summed E-state index contributed by atoms with van der Waals surface area (Å²) < 4.78 is 17.2. The predicted octanol–water partition coefficient (Wildman–Crippen LogP) is 5.20. The number of esters is 3. The van der Waals surface area contributed by atoms with Crippen LogP contribution in [-0.4, -0.2) is 53.2 Å². The van der Waals surface area contributed by atoms with Crippen LogP contribution in [0.4, 0.5) is 0 Å². The number of hydrogen-bond acceptors (Lipinski definition) is 8. The summed E-state index contributed by atoms with van der Waals surface area (Å²) in [7, 11) is 0. The van der Waals surface area contributed by atoms with E-state index in [1.54, 1.807) is 31.2 Å². The van der Waals surface area contributed by atoms with Crippen LogP contribution >= 0.6 is 0 Å². The van der Waals surface area contributed by atoms with Crippen LogP contribution in [0.2, 0.25) is 0 Å². The molecule has 42 heavy (non-hydrogen) atoms. The summed E-state index contributed by atoms with van der Waals surface area (Å²) in [6.07, 6.45) is 12.3. The molecule has 0 saturated heterocycles. The van der Waals surface area contributed by atoms with Gasteiger partial charge < -0.3 is 19.3 Å². The average molecular weight is 583 g/mol. The number of ether oxygens (including phenoxy) is 3. The Labute approximate surface area is 249 Å². The molecular formula is C34H46O8. The van der Waals surface area contributed by atoms with Gasteiger partial charge in [0.05, 0.1) is 5.41 Å². The number of carbonyl (C=O) groups is 4. The first-order valence-corrected chi connectivity index (χ1v) is 15.2. The Morgan fingerprint density at radius 2 is 1.79 bits per heavy atom. The zero-order valence-corrected chi connectivity index (χ0v) is 26.0. The van der Waals surface area contributed by atoms with Crippen molar-refractivity contribution >= 4 is 23.7 Å². The van der Waals surface area contributed by atoms with E-state index in [0.29, 0.717) is 17.6 Å². The molecule has 2 fully saturated rings. The highest BCUT2D eigenvalue weighted by molar-refractivity contribution is 5.96. The molecule has 0 aliphatic heterocycles. The van der Waals surface area contributed by atoms with E-state index >= 15 is 0 Å². The summed E-state index contributed by atoms with van der Waals surface area (Å²) in [5, 5.41) is 13.0. The number of unbranched alkanes of at least 4 members (excludes halogenated alkanes) is 3. The van der Waals surface area contributed by atoms with Gasteiger partial charge in [-0.25, -0.2) is 4.79 Å². The molecule has 1 spiro atoms. The molecule has 0 aromatic carbocycles. The Kier molecular flexibility index (Phi) is 9.08. The Bertz CT molecular complexity index is 1240. The minimum Gasteiger partial charge on any atom is -0.461 e. The number of hydrogen-bond donors (Lipinski definition) is 1. The summed E-state index contributed by atoms with van der Waals surface area (Å²) >= 11 is 0. The highest BCUT2D eigenvalue weighted by Gasteiger charge is 2.77. The van der Waals surface area contributed by atoms with Gasteiger partial charge in [0.1, 0.15) is 6.61 Å². The summed E-state index contributed by atoms with van der Waals surface area (Å²) in [5.41, 5.74) is -2.93. The lowest BCUT2D eigenvalue weighted by molar-refractivity contribution is -0.210. The Balaban J connectivity index is 1.82. The molecule has 2 saturated carbocycles. The highest BCUT2D eigenvalue weighted by atomic mass is 16.6. The normalized spacial score (nSPS) is 36.3. The van der Waals surface area contributed by atoms with Crippen LogP contribution in [0.15, 0.2) is 47.6 Å². The largest absolute Gasteiger partial charge is 0.461 e. The molecule has 4 aliphatic rings. The molecule has 4 rings (SSSR count). The average Bonchev–Trinajstić information content (AvgIpc) is 3.40. The predicted molar refractivity (Wildman–Crippen MR) is 157 cm³/mol. The van der Waals surface area contributed by atoms with E-state index in [4.69, 9.17) is 14.2 Å².